The van der Waals surface area contributed by atoms with Crippen LogP contribution in [0.4, 0.5) is 0 Å². The van der Waals surface area contributed by atoms with Crippen LogP contribution in [0.2, 0.25) is 0 Å². The predicted octanol–water partition coefficient (Wildman–Crippen LogP) is 2.15. The Bertz CT molecular complexity index is 829. The van der Waals surface area contributed by atoms with E-state index in [4.69, 9.17) is 4.74 Å². The van der Waals surface area contributed by atoms with Gasteiger partial charge in [0.05, 0.1) is 29.8 Å². The molecule has 4 aliphatic rings. The van der Waals surface area contributed by atoms with Crippen LogP contribution in [-0.4, -0.2) is 81.1 Å². The third kappa shape index (κ3) is 3.69. The molecule has 0 bridgehead atoms. The maximum Gasteiger partial charge on any atom is 0.311 e. The Balaban J connectivity index is 1.78. The van der Waals surface area contributed by atoms with E-state index in [1.165, 1.54) is 4.90 Å². The Kier molecular flexibility index (Phi) is 6.73. The first-order valence-corrected chi connectivity index (χ1v) is 12.6. The van der Waals surface area contributed by atoms with Gasteiger partial charge in [0.2, 0.25) is 11.8 Å². The van der Waals surface area contributed by atoms with E-state index in [2.05, 4.69) is 13.0 Å². The molecule has 7 nitrogen and oxygen atoms in total. The van der Waals surface area contributed by atoms with Crippen molar-refractivity contribution >= 4 is 29.5 Å². The molecule has 1 N–H and O–H groups in total. The SMILES string of the molecule is CCCCCN1CC=C[C@]23S[C@@]4(C)/C=C\CCCOC(=O)[C@H]4[C@H]2C(=O)N(CCO)C3C1=O. The molecular weight excluding hydrogens is 428 g/mol. The van der Waals surface area contributed by atoms with Gasteiger partial charge >= 0.3 is 5.97 Å². The van der Waals surface area contributed by atoms with Crippen LogP contribution in [-0.2, 0) is 19.1 Å². The Hall–Kier alpha value is -1.80. The molecule has 8 heteroatoms. The average molecular weight is 463 g/mol. The van der Waals surface area contributed by atoms with Gasteiger partial charge in [-0.3, -0.25) is 14.4 Å². The Morgan fingerprint density at radius 2 is 1.94 bits per heavy atom. The van der Waals surface area contributed by atoms with Gasteiger partial charge < -0.3 is 19.6 Å². The number of hydrogen-bond acceptors (Lipinski definition) is 6. The number of fused-ring (bicyclic) bond motifs is 2. The van der Waals surface area contributed by atoms with Crippen LogP contribution in [0.25, 0.3) is 0 Å². The summed E-state index contributed by atoms with van der Waals surface area (Å²) in [5.41, 5.74) is 0. The molecule has 32 heavy (non-hydrogen) atoms. The van der Waals surface area contributed by atoms with Gasteiger partial charge in [-0.05, 0) is 26.2 Å². The molecule has 0 aromatic rings. The average Bonchev–Trinajstić information content (AvgIpc) is 3.10. The molecule has 0 radical (unpaired) electrons. The predicted molar refractivity (Wildman–Crippen MR) is 123 cm³/mol. The Morgan fingerprint density at radius 3 is 2.69 bits per heavy atom. The zero-order valence-corrected chi connectivity index (χ0v) is 19.8. The van der Waals surface area contributed by atoms with Crippen LogP contribution in [0, 0.1) is 11.8 Å². The second kappa shape index (κ2) is 9.21. The maximum absolute atomic E-state index is 13.8. The number of β-amino-alcohol motifs (C(OH)–C–C–N with tert-alkyl or cyclic N) is 1. The number of rotatable bonds is 6. The van der Waals surface area contributed by atoms with Crippen molar-refractivity contribution in [3.05, 3.63) is 24.3 Å². The second-order valence-corrected chi connectivity index (χ2v) is 11.1. The topological polar surface area (TPSA) is 87.2 Å². The lowest BCUT2D eigenvalue weighted by Crippen LogP contribution is -2.54. The summed E-state index contributed by atoms with van der Waals surface area (Å²) in [5, 5.41) is 9.70. The van der Waals surface area contributed by atoms with Crippen molar-refractivity contribution in [1.82, 2.24) is 9.80 Å². The minimum Gasteiger partial charge on any atom is -0.465 e. The lowest BCUT2D eigenvalue weighted by atomic mass is 9.74. The Morgan fingerprint density at radius 1 is 1.12 bits per heavy atom. The summed E-state index contributed by atoms with van der Waals surface area (Å²) in [6.07, 6.45) is 12.7. The highest BCUT2D eigenvalue weighted by atomic mass is 32.2. The number of aliphatic hydroxyl groups is 1. The van der Waals surface area contributed by atoms with Crippen molar-refractivity contribution in [1.29, 1.82) is 0 Å². The first-order chi connectivity index (χ1) is 15.4. The quantitative estimate of drug-likeness (QED) is 0.370. The van der Waals surface area contributed by atoms with E-state index in [-0.39, 0.29) is 30.9 Å². The number of hydrogen-bond donors (Lipinski definition) is 1. The van der Waals surface area contributed by atoms with Crippen molar-refractivity contribution in [2.75, 3.05) is 32.8 Å². The van der Waals surface area contributed by atoms with Crippen LogP contribution >= 0.6 is 11.8 Å². The monoisotopic (exact) mass is 462 g/mol. The van der Waals surface area contributed by atoms with Gasteiger partial charge in [-0.15, -0.1) is 11.8 Å². The lowest BCUT2D eigenvalue weighted by Gasteiger charge is -2.36. The molecule has 1 unspecified atom stereocenters. The molecule has 0 aromatic heterocycles. The molecule has 4 heterocycles. The van der Waals surface area contributed by atoms with E-state index >= 15 is 0 Å². The summed E-state index contributed by atoms with van der Waals surface area (Å²) >= 11 is 1.55. The van der Waals surface area contributed by atoms with Crippen LogP contribution in [0.3, 0.4) is 0 Å². The molecule has 0 aliphatic carbocycles. The normalized spacial score (nSPS) is 37.7. The standard InChI is InChI=1S/C24H34N2O5S/c1-3-4-7-12-25-13-9-11-24-17(20(28)26(14-15-27)19(24)21(25)29)18-22(30)31-16-8-5-6-10-23(18,2)32-24/h6,9-11,17-19,27H,3-5,7-8,12-16H2,1-2H3/b10-6-/t17-,18+,19?,23-,24-/m0/s1. The first-order valence-electron chi connectivity index (χ1n) is 11.8. The molecule has 2 fully saturated rings. The molecule has 2 saturated heterocycles. The highest BCUT2D eigenvalue weighted by molar-refractivity contribution is 8.02. The number of likely N-dealkylation sites (tertiary alicyclic amines) is 1. The van der Waals surface area contributed by atoms with Gasteiger partial charge in [-0.25, -0.2) is 0 Å². The van der Waals surface area contributed by atoms with Gasteiger partial charge in [0.25, 0.3) is 0 Å². The number of allylic oxidation sites excluding steroid dienone is 1. The highest BCUT2D eigenvalue weighted by Crippen LogP contribution is 2.65. The van der Waals surface area contributed by atoms with Crippen molar-refractivity contribution in [2.24, 2.45) is 11.8 Å². The Labute approximate surface area is 194 Å². The van der Waals surface area contributed by atoms with Crippen molar-refractivity contribution in [3.63, 3.8) is 0 Å². The first kappa shape index (κ1) is 23.4. The molecular formula is C24H34N2O5S. The fourth-order valence-electron chi connectivity index (χ4n) is 5.78. The van der Waals surface area contributed by atoms with Gasteiger partial charge in [-0.2, -0.15) is 0 Å². The van der Waals surface area contributed by atoms with Crippen LogP contribution in [0.15, 0.2) is 24.3 Å². The van der Waals surface area contributed by atoms with E-state index in [0.29, 0.717) is 19.7 Å². The number of cyclic esters (lactones) is 1. The number of ether oxygens (including phenoxy) is 1. The largest absolute Gasteiger partial charge is 0.465 e. The molecule has 0 saturated carbocycles. The number of amides is 2. The molecule has 176 valence electrons. The highest BCUT2D eigenvalue weighted by Gasteiger charge is 2.73. The van der Waals surface area contributed by atoms with Crippen LogP contribution in [0.1, 0.15) is 46.0 Å². The molecule has 5 atom stereocenters. The fraction of sp³-hybridized carbons (Fsp3) is 0.708. The summed E-state index contributed by atoms with van der Waals surface area (Å²) in [4.78, 5) is 44.2. The van der Waals surface area contributed by atoms with Crippen molar-refractivity contribution in [3.8, 4) is 0 Å². The van der Waals surface area contributed by atoms with Crippen molar-refractivity contribution in [2.45, 2.75) is 61.5 Å². The third-order valence-corrected chi connectivity index (χ3v) is 9.00. The number of thioether (sulfide) groups is 1. The molecule has 1 spiro atoms. The molecule has 2 amide bonds. The lowest BCUT2D eigenvalue weighted by molar-refractivity contribution is -0.154. The van der Waals surface area contributed by atoms with Gasteiger partial charge in [0.1, 0.15) is 6.04 Å². The van der Waals surface area contributed by atoms with E-state index in [1.807, 2.05) is 30.1 Å². The molecule has 4 aliphatic heterocycles. The summed E-state index contributed by atoms with van der Waals surface area (Å²) in [6.45, 7) is 5.44. The number of aliphatic hydroxyl groups excluding tert-OH is 1. The van der Waals surface area contributed by atoms with E-state index in [9.17, 15) is 19.5 Å². The number of unbranched alkanes of at least 4 members (excludes halogenated alkanes) is 2. The molecule has 0 aromatic carbocycles. The summed E-state index contributed by atoms with van der Waals surface area (Å²) in [6, 6.07) is -0.731. The van der Waals surface area contributed by atoms with E-state index in [0.717, 1.165) is 32.1 Å². The summed E-state index contributed by atoms with van der Waals surface area (Å²) in [7, 11) is 0. The van der Waals surface area contributed by atoms with Gasteiger partial charge in [0.15, 0.2) is 0 Å². The number of carbonyl (C=O) groups is 3. The van der Waals surface area contributed by atoms with E-state index < -0.39 is 27.4 Å². The van der Waals surface area contributed by atoms with Gasteiger partial charge in [-0.1, -0.05) is 44.1 Å². The zero-order chi connectivity index (χ0) is 22.9. The number of esters is 1. The minimum absolute atomic E-state index is 0.0824. The maximum atomic E-state index is 13.8. The zero-order valence-electron chi connectivity index (χ0n) is 19.0. The van der Waals surface area contributed by atoms with Gasteiger partial charge in [0, 0.05) is 24.4 Å². The van der Waals surface area contributed by atoms with Crippen LogP contribution < -0.4 is 0 Å². The smallest absolute Gasteiger partial charge is 0.311 e. The van der Waals surface area contributed by atoms with E-state index in [1.54, 1.807) is 11.8 Å². The number of nitrogens with zero attached hydrogens (tertiary/aromatic N) is 2. The second-order valence-electron chi connectivity index (χ2n) is 9.36. The molecule has 4 rings (SSSR count). The van der Waals surface area contributed by atoms with Crippen LogP contribution in [0.5, 0.6) is 0 Å². The third-order valence-electron chi connectivity index (χ3n) is 7.21. The number of carbonyl (C=O) groups excluding carboxylic acids is 3. The summed E-state index contributed by atoms with van der Waals surface area (Å²) < 4.78 is 4.08. The minimum atomic E-state index is -0.856. The fourth-order valence-corrected chi connectivity index (χ4v) is 7.94. The summed E-state index contributed by atoms with van der Waals surface area (Å²) in [5.74, 6) is -2.06. The van der Waals surface area contributed by atoms with Crippen molar-refractivity contribution < 1.29 is 24.2 Å².